The van der Waals surface area contributed by atoms with E-state index in [1.54, 1.807) is 0 Å². The molecule has 2 aromatic rings. The van der Waals surface area contributed by atoms with Gasteiger partial charge in [0.25, 0.3) is 5.91 Å². The molecule has 1 unspecified atom stereocenters. The quantitative estimate of drug-likeness (QED) is 0.916. The van der Waals surface area contributed by atoms with Crippen LogP contribution in [0.15, 0.2) is 18.3 Å². The van der Waals surface area contributed by atoms with Gasteiger partial charge >= 0.3 is 6.18 Å². The van der Waals surface area contributed by atoms with Gasteiger partial charge in [-0.15, -0.1) is 0 Å². The maximum Gasteiger partial charge on any atom is 0.433 e. The Balaban J connectivity index is 1.72. The van der Waals surface area contributed by atoms with E-state index < -0.39 is 17.8 Å². The second kappa shape index (κ2) is 5.92. The lowest BCUT2D eigenvalue weighted by Gasteiger charge is -2.25. The summed E-state index contributed by atoms with van der Waals surface area (Å²) in [4.78, 5) is 20.3. The summed E-state index contributed by atoms with van der Waals surface area (Å²) in [6.45, 7) is 3.92. The Labute approximate surface area is 136 Å². The molecule has 0 fully saturated rings. The van der Waals surface area contributed by atoms with Gasteiger partial charge in [0.1, 0.15) is 11.5 Å². The molecule has 0 saturated carbocycles. The molecule has 128 valence electrons. The van der Waals surface area contributed by atoms with Crippen molar-refractivity contribution in [3.8, 4) is 0 Å². The Morgan fingerprint density at radius 1 is 1.29 bits per heavy atom. The number of amides is 1. The molecule has 0 spiro atoms. The summed E-state index contributed by atoms with van der Waals surface area (Å²) in [5.74, 6) is 0.587. The van der Waals surface area contributed by atoms with Crippen LogP contribution >= 0.6 is 0 Å². The van der Waals surface area contributed by atoms with E-state index >= 15 is 0 Å². The molecule has 3 rings (SSSR count). The minimum absolute atomic E-state index is 0.0669. The number of aromatic nitrogens is 3. The number of rotatable bonds is 2. The van der Waals surface area contributed by atoms with Crippen LogP contribution in [0.4, 0.5) is 13.2 Å². The van der Waals surface area contributed by atoms with E-state index in [1.165, 1.54) is 13.0 Å². The summed E-state index contributed by atoms with van der Waals surface area (Å²) in [5, 5.41) is 2.88. The second-order valence-electron chi connectivity index (χ2n) is 5.99. The van der Waals surface area contributed by atoms with E-state index in [0.29, 0.717) is 6.54 Å². The predicted molar refractivity (Wildman–Crippen MR) is 80.5 cm³/mol. The van der Waals surface area contributed by atoms with Crippen LogP contribution in [0.1, 0.15) is 39.7 Å². The van der Waals surface area contributed by atoms with Crippen LogP contribution in [0, 0.1) is 13.8 Å². The first-order valence-corrected chi connectivity index (χ1v) is 7.62. The van der Waals surface area contributed by atoms with Gasteiger partial charge < -0.3 is 9.88 Å². The van der Waals surface area contributed by atoms with Crippen molar-refractivity contribution in [3.05, 3.63) is 46.8 Å². The fourth-order valence-corrected chi connectivity index (χ4v) is 2.93. The van der Waals surface area contributed by atoms with Gasteiger partial charge in [0.15, 0.2) is 0 Å². The minimum atomic E-state index is -4.52. The molecule has 3 heterocycles. The predicted octanol–water partition coefficient (Wildman–Crippen LogP) is 2.66. The molecule has 0 aliphatic carbocycles. The molecule has 1 aliphatic rings. The largest absolute Gasteiger partial charge is 0.433 e. The maximum absolute atomic E-state index is 12.6. The molecule has 1 amide bonds. The highest BCUT2D eigenvalue weighted by atomic mass is 19.4. The zero-order chi connectivity index (χ0) is 17.5. The highest BCUT2D eigenvalue weighted by Crippen LogP contribution is 2.28. The second-order valence-corrected chi connectivity index (χ2v) is 5.99. The van der Waals surface area contributed by atoms with Crippen LogP contribution in [0.3, 0.4) is 0 Å². The molecule has 24 heavy (non-hydrogen) atoms. The molecule has 0 bridgehead atoms. The Hall–Kier alpha value is -2.38. The molecule has 0 radical (unpaired) electrons. The smallest absolute Gasteiger partial charge is 0.347 e. The number of carbonyl (C=O) groups excluding carboxylic acids is 1. The van der Waals surface area contributed by atoms with E-state index in [9.17, 15) is 18.0 Å². The number of aryl methyl sites for hydroxylation is 3. The van der Waals surface area contributed by atoms with Gasteiger partial charge in [-0.1, -0.05) is 0 Å². The van der Waals surface area contributed by atoms with E-state index in [0.717, 1.165) is 30.4 Å². The number of halogens is 3. The number of hydrogen-bond donors (Lipinski definition) is 1. The number of carbonyl (C=O) groups is 1. The first-order valence-electron chi connectivity index (χ1n) is 7.62. The number of imidazole rings is 1. The lowest BCUT2D eigenvalue weighted by Crippen LogP contribution is -2.41. The maximum atomic E-state index is 12.6. The average molecular weight is 338 g/mol. The van der Waals surface area contributed by atoms with Crippen molar-refractivity contribution in [1.29, 1.82) is 0 Å². The topological polar surface area (TPSA) is 59.8 Å². The van der Waals surface area contributed by atoms with Crippen LogP contribution in [0.5, 0.6) is 0 Å². The Morgan fingerprint density at radius 3 is 2.71 bits per heavy atom. The Morgan fingerprint density at radius 2 is 2.04 bits per heavy atom. The number of pyridine rings is 1. The van der Waals surface area contributed by atoms with E-state index in [-0.39, 0.29) is 17.3 Å². The van der Waals surface area contributed by atoms with Gasteiger partial charge in [0.05, 0.1) is 17.0 Å². The van der Waals surface area contributed by atoms with Gasteiger partial charge in [-0.25, -0.2) is 9.97 Å². The van der Waals surface area contributed by atoms with Crippen molar-refractivity contribution in [1.82, 2.24) is 19.9 Å². The van der Waals surface area contributed by atoms with Crippen molar-refractivity contribution >= 4 is 5.91 Å². The summed E-state index contributed by atoms with van der Waals surface area (Å²) in [7, 11) is 0. The van der Waals surface area contributed by atoms with Crippen molar-refractivity contribution < 1.29 is 18.0 Å². The van der Waals surface area contributed by atoms with Crippen LogP contribution in [-0.2, 0) is 19.1 Å². The molecular weight excluding hydrogens is 321 g/mol. The first-order chi connectivity index (χ1) is 11.2. The van der Waals surface area contributed by atoms with E-state index in [1.807, 2.05) is 17.7 Å². The number of hydrogen-bond acceptors (Lipinski definition) is 3. The standard InChI is InChI=1S/C16H17F3N4O/c1-9-7-23-8-11(3-6-14(23)20-9)22-15(24)12-4-5-13(16(17,18)19)21-10(12)2/h4-5,7,11H,3,6,8H2,1-2H3,(H,22,24). The summed E-state index contributed by atoms with van der Waals surface area (Å²) >= 11 is 0. The number of alkyl halides is 3. The summed E-state index contributed by atoms with van der Waals surface area (Å²) in [5.41, 5.74) is 0.167. The monoisotopic (exact) mass is 338 g/mol. The lowest BCUT2D eigenvalue weighted by molar-refractivity contribution is -0.141. The molecule has 1 atom stereocenters. The van der Waals surface area contributed by atoms with Crippen molar-refractivity contribution in [2.24, 2.45) is 0 Å². The fraction of sp³-hybridized carbons (Fsp3) is 0.438. The minimum Gasteiger partial charge on any atom is -0.347 e. The average Bonchev–Trinajstić information content (AvgIpc) is 2.85. The van der Waals surface area contributed by atoms with Crippen LogP contribution in [0.2, 0.25) is 0 Å². The van der Waals surface area contributed by atoms with Crippen LogP contribution < -0.4 is 5.32 Å². The molecule has 0 saturated heterocycles. The van der Waals surface area contributed by atoms with E-state index in [2.05, 4.69) is 15.3 Å². The highest BCUT2D eigenvalue weighted by Gasteiger charge is 2.33. The molecule has 1 aliphatic heterocycles. The first kappa shape index (κ1) is 16.5. The van der Waals surface area contributed by atoms with Gasteiger partial charge in [0.2, 0.25) is 0 Å². The van der Waals surface area contributed by atoms with Gasteiger partial charge in [-0.2, -0.15) is 13.2 Å². The molecule has 0 aromatic carbocycles. The number of nitrogens with zero attached hydrogens (tertiary/aromatic N) is 3. The molecule has 2 aromatic heterocycles. The lowest BCUT2D eigenvalue weighted by atomic mass is 10.1. The van der Waals surface area contributed by atoms with Crippen molar-refractivity contribution in [2.45, 2.75) is 45.5 Å². The van der Waals surface area contributed by atoms with Gasteiger partial charge in [-0.05, 0) is 32.4 Å². The summed E-state index contributed by atoms with van der Waals surface area (Å²) < 4.78 is 39.9. The van der Waals surface area contributed by atoms with E-state index in [4.69, 9.17) is 0 Å². The zero-order valence-electron chi connectivity index (χ0n) is 13.3. The zero-order valence-corrected chi connectivity index (χ0v) is 13.3. The number of fused-ring (bicyclic) bond motifs is 1. The highest BCUT2D eigenvalue weighted by molar-refractivity contribution is 5.95. The van der Waals surface area contributed by atoms with Crippen LogP contribution in [-0.4, -0.2) is 26.5 Å². The normalized spacial score (nSPS) is 17.5. The Kier molecular flexibility index (Phi) is 4.06. The van der Waals surface area contributed by atoms with Crippen LogP contribution in [0.25, 0.3) is 0 Å². The molecule has 8 heteroatoms. The third-order valence-electron chi connectivity index (χ3n) is 4.07. The molecule has 5 nitrogen and oxygen atoms in total. The Bertz CT molecular complexity index is 782. The summed E-state index contributed by atoms with van der Waals surface area (Å²) in [6, 6.07) is 1.93. The molecular formula is C16H17F3N4O. The molecule has 1 N–H and O–H groups in total. The number of nitrogens with one attached hydrogen (secondary N) is 1. The third-order valence-corrected chi connectivity index (χ3v) is 4.07. The SMILES string of the molecule is Cc1cn2c(n1)CCC(NC(=O)c1ccc(C(F)(F)F)nc1C)C2. The van der Waals surface area contributed by atoms with Crippen molar-refractivity contribution in [3.63, 3.8) is 0 Å². The third kappa shape index (κ3) is 3.27. The fourth-order valence-electron chi connectivity index (χ4n) is 2.93. The summed E-state index contributed by atoms with van der Waals surface area (Å²) in [6.07, 6.45) is -1.09. The van der Waals surface area contributed by atoms with Gasteiger partial charge in [0, 0.05) is 25.2 Å². The van der Waals surface area contributed by atoms with Gasteiger partial charge in [-0.3, -0.25) is 4.79 Å². The van der Waals surface area contributed by atoms with Crippen molar-refractivity contribution in [2.75, 3.05) is 0 Å².